The number of nitrogens with one attached hydrogen (secondary N) is 2. The molecule has 0 aliphatic carbocycles. The van der Waals surface area contributed by atoms with Crippen molar-refractivity contribution >= 4 is 51.8 Å². The van der Waals surface area contributed by atoms with E-state index in [0.29, 0.717) is 10.0 Å². The van der Waals surface area contributed by atoms with Gasteiger partial charge in [-0.1, -0.05) is 24.0 Å². The van der Waals surface area contributed by atoms with Gasteiger partial charge < -0.3 is 15.7 Å². The number of carbonyl (C=O) groups is 3. The summed E-state index contributed by atoms with van der Waals surface area (Å²) < 4.78 is 0.374. The predicted octanol–water partition coefficient (Wildman–Crippen LogP) is 1.23. The molecule has 0 spiro atoms. The fourth-order valence-corrected chi connectivity index (χ4v) is 2.87. The summed E-state index contributed by atoms with van der Waals surface area (Å²) in [5, 5.41) is 13.3. The Balaban J connectivity index is 1.93. The Morgan fingerprint density at radius 2 is 2.00 bits per heavy atom. The second kappa shape index (κ2) is 6.02. The molecule has 1 aromatic carbocycles. The molecule has 1 aromatic rings. The highest BCUT2D eigenvalue weighted by molar-refractivity contribution is 8.24. The van der Waals surface area contributed by atoms with Crippen molar-refractivity contribution in [3.8, 4) is 0 Å². The molecule has 1 aliphatic heterocycles. The van der Waals surface area contributed by atoms with Gasteiger partial charge in [0, 0.05) is 12.1 Å². The molecule has 0 aromatic heterocycles. The van der Waals surface area contributed by atoms with E-state index < -0.39 is 11.2 Å². The van der Waals surface area contributed by atoms with Crippen LogP contribution < -0.4 is 10.6 Å². The van der Waals surface area contributed by atoms with Gasteiger partial charge in [-0.15, -0.1) is 0 Å². The van der Waals surface area contributed by atoms with Gasteiger partial charge >= 0.3 is 5.97 Å². The van der Waals surface area contributed by atoms with Crippen molar-refractivity contribution in [2.75, 3.05) is 5.32 Å². The third-order valence-corrected chi connectivity index (χ3v) is 3.93. The van der Waals surface area contributed by atoms with Crippen molar-refractivity contribution < 1.29 is 19.5 Å². The van der Waals surface area contributed by atoms with E-state index in [0.717, 1.165) is 11.8 Å². The number of hydrogen-bond acceptors (Lipinski definition) is 5. The van der Waals surface area contributed by atoms with Crippen molar-refractivity contribution in [1.82, 2.24) is 5.32 Å². The van der Waals surface area contributed by atoms with E-state index in [4.69, 9.17) is 17.3 Å². The molecule has 2 amide bonds. The Kier molecular flexibility index (Phi) is 4.35. The maximum atomic E-state index is 11.8. The zero-order valence-electron chi connectivity index (χ0n) is 10.1. The van der Waals surface area contributed by atoms with Crippen LogP contribution in [-0.2, 0) is 9.59 Å². The summed E-state index contributed by atoms with van der Waals surface area (Å²) in [6.07, 6.45) is 0.0112. The first-order chi connectivity index (χ1) is 9.45. The molecule has 104 valence electrons. The van der Waals surface area contributed by atoms with Gasteiger partial charge in [-0.2, -0.15) is 0 Å². The molecule has 1 atom stereocenters. The van der Waals surface area contributed by atoms with E-state index in [1.807, 2.05) is 0 Å². The fourth-order valence-electron chi connectivity index (χ4n) is 1.60. The summed E-state index contributed by atoms with van der Waals surface area (Å²) in [5.74, 6) is -1.63. The Labute approximate surface area is 123 Å². The lowest BCUT2D eigenvalue weighted by molar-refractivity contribution is -0.122. The van der Waals surface area contributed by atoms with Gasteiger partial charge in [0.25, 0.3) is 0 Å². The van der Waals surface area contributed by atoms with E-state index >= 15 is 0 Å². The number of hydrogen-bond donors (Lipinski definition) is 3. The van der Waals surface area contributed by atoms with E-state index in [9.17, 15) is 14.4 Å². The quantitative estimate of drug-likeness (QED) is 0.724. The average Bonchev–Trinajstić information content (AvgIpc) is 2.68. The number of benzene rings is 1. The number of carbonyl (C=O) groups excluding carboxylic acids is 2. The van der Waals surface area contributed by atoms with Crippen LogP contribution in [0.5, 0.6) is 0 Å². The fraction of sp³-hybridized carbons (Fsp3) is 0.167. The van der Waals surface area contributed by atoms with E-state index in [-0.39, 0.29) is 23.8 Å². The molecule has 0 saturated carbocycles. The highest BCUT2D eigenvalue weighted by atomic mass is 32.2. The summed E-state index contributed by atoms with van der Waals surface area (Å²) in [6.45, 7) is 0. The van der Waals surface area contributed by atoms with E-state index in [1.54, 1.807) is 0 Å². The van der Waals surface area contributed by atoms with E-state index in [2.05, 4.69) is 10.6 Å². The van der Waals surface area contributed by atoms with E-state index in [1.165, 1.54) is 24.3 Å². The highest BCUT2D eigenvalue weighted by Crippen LogP contribution is 2.22. The number of carboxylic acid groups (broad SMARTS) is 1. The first-order valence-corrected chi connectivity index (χ1v) is 6.89. The third-order valence-electron chi connectivity index (χ3n) is 2.55. The molecular formula is C12H10N2O4S2. The third kappa shape index (κ3) is 3.55. The Morgan fingerprint density at radius 3 is 2.50 bits per heavy atom. The van der Waals surface area contributed by atoms with Crippen LogP contribution >= 0.6 is 24.0 Å². The standard InChI is InChI=1S/C12H10N2O4S2/c15-9(5-8-10(16)14-12(19)20-8)13-7-3-1-6(2-4-7)11(17)18/h1-4,8H,5H2,(H,13,15)(H,17,18)(H,14,16,19)/t8-/m1/s1. The summed E-state index contributed by atoms with van der Waals surface area (Å²) in [7, 11) is 0. The van der Waals surface area contributed by atoms with Crippen LogP contribution in [0.4, 0.5) is 5.69 Å². The first kappa shape index (κ1) is 14.5. The summed E-state index contributed by atoms with van der Waals surface area (Å²) in [6, 6.07) is 5.77. The second-order valence-electron chi connectivity index (χ2n) is 4.02. The lowest BCUT2D eigenvalue weighted by Gasteiger charge is -2.07. The molecule has 6 nitrogen and oxygen atoms in total. The van der Waals surface area contributed by atoms with Gasteiger partial charge in [-0.3, -0.25) is 9.59 Å². The number of thioether (sulfide) groups is 1. The summed E-state index contributed by atoms with van der Waals surface area (Å²) >= 11 is 5.99. The van der Waals surface area contributed by atoms with Crippen molar-refractivity contribution in [3.63, 3.8) is 0 Å². The molecule has 8 heteroatoms. The topological polar surface area (TPSA) is 95.5 Å². The van der Waals surface area contributed by atoms with Gasteiger partial charge in [0.15, 0.2) is 0 Å². The van der Waals surface area contributed by atoms with Gasteiger partial charge in [-0.05, 0) is 24.3 Å². The largest absolute Gasteiger partial charge is 0.478 e. The van der Waals surface area contributed by atoms with Crippen LogP contribution in [-0.4, -0.2) is 32.5 Å². The molecule has 1 fully saturated rings. The number of rotatable bonds is 4. The van der Waals surface area contributed by atoms with Crippen LogP contribution in [0.1, 0.15) is 16.8 Å². The number of aromatic carboxylic acids is 1. The molecular weight excluding hydrogens is 300 g/mol. The normalized spacial score (nSPS) is 17.7. The molecule has 1 aliphatic rings. The summed E-state index contributed by atoms with van der Waals surface area (Å²) in [5.41, 5.74) is 0.616. The molecule has 1 heterocycles. The molecule has 3 N–H and O–H groups in total. The van der Waals surface area contributed by atoms with Gasteiger partial charge in [0.05, 0.1) is 10.8 Å². The van der Waals surface area contributed by atoms with Crippen molar-refractivity contribution in [2.45, 2.75) is 11.7 Å². The highest BCUT2D eigenvalue weighted by Gasteiger charge is 2.30. The predicted molar refractivity (Wildman–Crippen MR) is 78.8 cm³/mol. The Bertz CT molecular complexity index is 586. The maximum Gasteiger partial charge on any atom is 0.335 e. The zero-order valence-corrected chi connectivity index (χ0v) is 11.7. The minimum Gasteiger partial charge on any atom is -0.478 e. The number of anilines is 1. The van der Waals surface area contributed by atoms with Crippen LogP contribution in [0, 0.1) is 0 Å². The van der Waals surface area contributed by atoms with Gasteiger partial charge in [-0.25, -0.2) is 4.79 Å². The average molecular weight is 310 g/mol. The first-order valence-electron chi connectivity index (χ1n) is 5.60. The SMILES string of the molecule is O=C(C[C@H]1SC(=S)NC1=O)Nc1ccc(C(=O)O)cc1. The molecule has 2 rings (SSSR count). The van der Waals surface area contributed by atoms with Crippen LogP contribution in [0.25, 0.3) is 0 Å². The number of amides is 2. The van der Waals surface area contributed by atoms with Crippen LogP contribution in [0.15, 0.2) is 24.3 Å². The minimum atomic E-state index is -1.03. The maximum absolute atomic E-state index is 11.8. The monoisotopic (exact) mass is 310 g/mol. The lowest BCUT2D eigenvalue weighted by Crippen LogP contribution is -2.27. The molecule has 1 saturated heterocycles. The smallest absolute Gasteiger partial charge is 0.335 e. The Morgan fingerprint density at radius 1 is 1.35 bits per heavy atom. The van der Waals surface area contributed by atoms with Gasteiger partial charge in [0.2, 0.25) is 11.8 Å². The lowest BCUT2D eigenvalue weighted by atomic mass is 10.2. The molecule has 20 heavy (non-hydrogen) atoms. The van der Waals surface area contributed by atoms with Crippen LogP contribution in [0.2, 0.25) is 0 Å². The second-order valence-corrected chi connectivity index (χ2v) is 5.90. The molecule has 0 unspecified atom stereocenters. The molecule has 0 radical (unpaired) electrons. The van der Waals surface area contributed by atoms with Crippen molar-refractivity contribution in [3.05, 3.63) is 29.8 Å². The van der Waals surface area contributed by atoms with Crippen LogP contribution in [0.3, 0.4) is 0 Å². The minimum absolute atomic E-state index is 0.0112. The van der Waals surface area contributed by atoms with Gasteiger partial charge in [0.1, 0.15) is 4.32 Å². The molecule has 0 bridgehead atoms. The Hall–Kier alpha value is -1.93. The number of carboxylic acids is 1. The zero-order chi connectivity index (χ0) is 14.7. The summed E-state index contributed by atoms with van der Waals surface area (Å²) in [4.78, 5) is 33.9. The van der Waals surface area contributed by atoms with Crippen molar-refractivity contribution in [2.24, 2.45) is 0 Å². The number of thiocarbonyl (C=S) groups is 1. The van der Waals surface area contributed by atoms with Crippen molar-refractivity contribution in [1.29, 1.82) is 0 Å².